The zero-order valence-electron chi connectivity index (χ0n) is 15.9. The van der Waals surface area contributed by atoms with Crippen LogP contribution in [0.5, 0.6) is 11.5 Å². The van der Waals surface area contributed by atoms with Crippen molar-refractivity contribution in [3.05, 3.63) is 63.1 Å². The van der Waals surface area contributed by atoms with Crippen molar-refractivity contribution >= 4 is 33.2 Å². The number of benzene rings is 2. The van der Waals surface area contributed by atoms with Crippen LogP contribution in [0, 0.1) is 6.92 Å². The first-order valence-corrected chi connectivity index (χ1v) is 10.4. The van der Waals surface area contributed by atoms with Gasteiger partial charge >= 0.3 is 0 Å². The van der Waals surface area contributed by atoms with Gasteiger partial charge in [-0.15, -0.1) is 11.3 Å². The maximum Gasteiger partial charge on any atom is 0.263 e. The molecule has 2 aromatic carbocycles. The van der Waals surface area contributed by atoms with Crippen molar-refractivity contribution in [3.8, 4) is 22.1 Å². The van der Waals surface area contributed by atoms with E-state index in [0.29, 0.717) is 29.3 Å². The molecule has 0 atom stereocenters. The second kappa shape index (κ2) is 9.21. The summed E-state index contributed by atoms with van der Waals surface area (Å²) in [7, 11) is 3.21. The van der Waals surface area contributed by atoms with E-state index in [4.69, 9.17) is 9.47 Å². The fraction of sp³-hybridized carbons (Fsp3) is 0.238. The number of amides is 1. The molecule has 1 aromatic heterocycles. The third-order valence-electron chi connectivity index (χ3n) is 4.26. The van der Waals surface area contributed by atoms with E-state index in [2.05, 4.69) is 26.2 Å². The minimum absolute atomic E-state index is 0.103. The van der Waals surface area contributed by atoms with Crippen LogP contribution in [0.4, 0.5) is 0 Å². The van der Waals surface area contributed by atoms with Crippen LogP contribution >= 0.6 is 27.3 Å². The number of methoxy groups -OCH3 is 2. The van der Waals surface area contributed by atoms with Gasteiger partial charge in [-0.05, 0) is 31.0 Å². The molecule has 1 N–H and O–H groups in total. The molecule has 1 amide bonds. The highest BCUT2D eigenvalue weighted by Crippen LogP contribution is 2.33. The molecule has 3 aromatic rings. The predicted octanol–water partition coefficient (Wildman–Crippen LogP) is 4.87. The summed E-state index contributed by atoms with van der Waals surface area (Å²) in [5, 5.41) is 3.84. The summed E-state index contributed by atoms with van der Waals surface area (Å²) in [4.78, 5) is 17.8. The van der Waals surface area contributed by atoms with Crippen molar-refractivity contribution in [2.75, 3.05) is 20.8 Å². The second-order valence-electron chi connectivity index (χ2n) is 6.10. The summed E-state index contributed by atoms with van der Waals surface area (Å²) >= 11 is 4.96. The third-order valence-corrected chi connectivity index (χ3v) is 6.20. The zero-order chi connectivity index (χ0) is 20.1. The fourth-order valence-electron chi connectivity index (χ4n) is 2.79. The number of halogens is 1. The van der Waals surface area contributed by atoms with E-state index in [1.165, 1.54) is 11.3 Å². The minimum Gasteiger partial charge on any atom is -0.493 e. The molecular formula is C21H21BrN2O3S. The lowest BCUT2D eigenvalue weighted by atomic mass is 10.1. The molecule has 0 spiro atoms. The van der Waals surface area contributed by atoms with Crippen LogP contribution in [-0.2, 0) is 6.42 Å². The Morgan fingerprint density at radius 3 is 2.50 bits per heavy atom. The molecule has 3 rings (SSSR count). The van der Waals surface area contributed by atoms with Crippen molar-refractivity contribution in [2.45, 2.75) is 13.3 Å². The molecular weight excluding hydrogens is 440 g/mol. The van der Waals surface area contributed by atoms with E-state index in [1.807, 2.05) is 49.4 Å². The number of hydrogen-bond acceptors (Lipinski definition) is 5. The first kappa shape index (κ1) is 20.4. The van der Waals surface area contributed by atoms with E-state index >= 15 is 0 Å². The van der Waals surface area contributed by atoms with Gasteiger partial charge in [0.15, 0.2) is 11.5 Å². The lowest BCUT2D eigenvalue weighted by Crippen LogP contribution is -2.25. The zero-order valence-corrected chi connectivity index (χ0v) is 18.3. The Bertz CT molecular complexity index is 973. The Morgan fingerprint density at radius 1 is 1.14 bits per heavy atom. The lowest BCUT2D eigenvalue weighted by Gasteiger charge is -2.12. The molecule has 1 heterocycles. The van der Waals surface area contributed by atoms with Gasteiger partial charge in [0.05, 0.1) is 19.9 Å². The number of nitrogens with one attached hydrogen (secondary N) is 1. The summed E-state index contributed by atoms with van der Waals surface area (Å²) in [5.41, 5.74) is 2.79. The number of hydrogen-bond donors (Lipinski definition) is 1. The molecule has 0 aliphatic carbocycles. The number of aryl methyl sites for hydroxylation is 1. The highest BCUT2D eigenvalue weighted by atomic mass is 79.9. The highest BCUT2D eigenvalue weighted by molar-refractivity contribution is 9.10. The molecule has 0 saturated carbocycles. The van der Waals surface area contributed by atoms with Crippen LogP contribution in [0.25, 0.3) is 10.6 Å². The first-order valence-electron chi connectivity index (χ1n) is 8.75. The smallest absolute Gasteiger partial charge is 0.263 e. The lowest BCUT2D eigenvalue weighted by molar-refractivity contribution is 0.0957. The average Bonchev–Trinajstić information content (AvgIpc) is 3.11. The summed E-state index contributed by atoms with van der Waals surface area (Å²) < 4.78 is 11.6. The number of rotatable bonds is 7. The Labute approximate surface area is 176 Å². The quantitative estimate of drug-likeness (QED) is 0.546. The second-order valence-corrected chi connectivity index (χ2v) is 7.96. The fourth-order valence-corrected chi connectivity index (χ4v) is 4.30. The Hall–Kier alpha value is -2.38. The van der Waals surface area contributed by atoms with Crippen LogP contribution in [-0.4, -0.2) is 31.7 Å². The van der Waals surface area contributed by atoms with Gasteiger partial charge in [-0.25, -0.2) is 4.98 Å². The standard InChI is InChI=1S/C21H21BrN2O3S/c1-13-19(28-21(24-13)14-7-5-4-6-8-14)20(25)23-10-9-15-11-17(26-2)18(27-3)12-16(15)22/h4-8,11-12H,9-10H2,1-3H3,(H,23,25). The molecule has 0 saturated heterocycles. The number of nitrogens with zero attached hydrogens (tertiary/aromatic N) is 1. The molecule has 0 bridgehead atoms. The number of aromatic nitrogens is 1. The van der Waals surface area contributed by atoms with Gasteiger partial charge in [-0.3, -0.25) is 4.79 Å². The molecule has 5 nitrogen and oxygen atoms in total. The molecule has 28 heavy (non-hydrogen) atoms. The molecule has 0 fully saturated rings. The Kier molecular flexibility index (Phi) is 6.70. The monoisotopic (exact) mass is 460 g/mol. The summed E-state index contributed by atoms with van der Waals surface area (Å²) in [6.45, 7) is 2.37. The van der Waals surface area contributed by atoms with Crippen molar-refractivity contribution in [1.29, 1.82) is 0 Å². The van der Waals surface area contributed by atoms with Crippen molar-refractivity contribution in [2.24, 2.45) is 0 Å². The summed E-state index contributed by atoms with van der Waals surface area (Å²) in [5.74, 6) is 1.22. The van der Waals surface area contributed by atoms with E-state index in [-0.39, 0.29) is 5.91 Å². The van der Waals surface area contributed by atoms with E-state index in [0.717, 1.165) is 26.3 Å². The van der Waals surface area contributed by atoms with Crippen LogP contribution in [0.3, 0.4) is 0 Å². The molecule has 0 aliphatic rings. The summed E-state index contributed by atoms with van der Waals surface area (Å²) in [6, 6.07) is 13.7. The molecule has 0 unspecified atom stereocenters. The SMILES string of the molecule is COc1cc(Br)c(CCNC(=O)c2sc(-c3ccccc3)nc2C)cc1OC. The van der Waals surface area contributed by atoms with Crippen molar-refractivity contribution < 1.29 is 14.3 Å². The Morgan fingerprint density at radius 2 is 1.82 bits per heavy atom. The van der Waals surface area contributed by atoms with Gasteiger partial charge in [-0.1, -0.05) is 46.3 Å². The van der Waals surface area contributed by atoms with Gasteiger partial charge in [0.25, 0.3) is 5.91 Å². The number of ether oxygens (including phenoxy) is 2. The largest absolute Gasteiger partial charge is 0.493 e. The topological polar surface area (TPSA) is 60.5 Å². The van der Waals surface area contributed by atoms with Crippen LogP contribution in [0.15, 0.2) is 46.9 Å². The molecule has 0 aliphatic heterocycles. The number of carbonyl (C=O) groups excluding carboxylic acids is 1. The van der Waals surface area contributed by atoms with Gasteiger partial charge in [-0.2, -0.15) is 0 Å². The molecule has 0 radical (unpaired) electrons. The molecule has 146 valence electrons. The van der Waals surface area contributed by atoms with Crippen molar-refractivity contribution in [1.82, 2.24) is 10.3 Å². The van der Waals surface area contributed by atoms with Gasteiger partial charge in [0.2, 0.25) is 0 Å². The van der Waals surface area contributed by atoms with Crippen molar-refractivity contribution in [3.63, 3.8) is 0 Å². The minimum atomic E-state index is -0.103. The maximum atomic E-state index is 12.6. The number of carbonyl (C=O) groups is 1. The summed E-state index contributed by atoms with van der Waals surface area (Å²) in [6.07, 6.45) is 0.663. The van der Waals surface area contributed by atoms with Gasteiger partial charge in [0.1, 0.15) is 9.88 Å². The maximum absolute atomic E-state index is 12.6. The van der Waals surface area contributed by atoms with Gasteiger partial charge in [0, 0.05) is 16.6 Å². The predicted molar refractivity (Wildman–Crippen MR) is 116 cm³/mol. The van der Waals surface area contributed by atoms with Crippen LogP contribution in [0.1, 0.15) is 20.9 Å². The van der Waals surface area contributed by atoms with Crippen LogP contribution < -0.4 is 14.8 Å². The van der Waals surface area contributed by atoms with Gasteiger partial charge < -0.3 is 14.8 Å². The average molecular weight is 461 g/mol. The third kappa shape index (κ3) is 4.54. The van der Waals surface area contributed by atoms with E-state index in [1.54, 1.807) is 14.2 Å². The first-order chi connectivity index (χ1) is 13.5. The van der Waals surface area contributed by atoms with E-state index in [9.17, 15) is 4.79 Å². The Balaban J connectivity index is 1.66. The number of thiazole rings is 1. The highest BCUT2D eigenvalue weighted by Gasteiger charge is 2.16. The van der Waals surface area contributed by atoms with Crippen LogP contribution in [0.2, 0.25) is 0 Å². The normalized spacial score (nSPS) is 10.6. The molecule has 7 heteroatoms. The van der Waals surface area contributed by atoms with E-state index < -0.39 is 0 Å².